The summed E-state index contributed by atoms with van der Waals surface area (Å²) in [7, 11) is 0. The van der Waals surface area contributed by atoms with Gasteiger partial charge < -0.3 is 10.3 Å². The highest BCUT2D eigenvalue weighted by Crippen LogP contribution is 2.25. The van der Waals surface area contributed by atoms with Crippen LogP contribution in [-0.4, -0.2) is 9.97 Å². The molecule has 1 heterocycles. The third kappa shape index (κ3) is 2.85. The normalized spacial score (nSPS) is 9.75. The monoisotopic (exact) mass is 313 g/mol. The van der Waals surface area contributed by atoms with Gasteiger partial charge in [0, 0.05) is 17.5 Å². The minimum atomic E-state index is -0.312. The number of rotatable bonds is 3. The van der Waals surface area contributed by atoms with E-state index in [2.05, 4.69) is 15.3 Å². The van der Waals surface area contributed by atoms with Crippen LogP contribution in [0.25, 0.3) is 22.3 Å². The van der Waals surface area contributed by atoms with E-state index in [1.807, 2.05) is 18.2 Å². The van der Waals surface area contributed by atoms with E-state index in [9.17, 15) is 4.79 Å². The van der Waals surface area contributed by atoms with Crippen LogP contribution in [0.15, 0.2) is 65.1 Å². The summed E-state index contributed by atoms with van der Waals surface area (Å²) in [6.07, 6.45) is 1.30. The summed E-state index contributed by atoms with van der Waals surface area (Å²) >= 11 is 0. The molecule has 0 saturated carbocycles. The molecule has 0 aliphatic heterocycles. The lowest BCUT2D eigenvalue weighted by molar-refractivity contribution is 1.22. The second-order valence-corrected chi connectivity index (χ2v) is 4.90. The number of hydrogen-bond donors (Lipinski definition) is 2. The zero-order valence-corrected chi connectivity index (χ0v) is 12.4. The molecular formula is C18H11N5O. The maximum absolute atomic E-state index is 12.4. The highest BCUT2D eigenvalue weighted by Gasteiger charge is 2.11. The molecule has 0 fully saturated rings. The first-order valence-corrected chi connectivity index (χ1v) is 7.08. The van der Waals surface area contributed by atoms with Crippen LogP contribution >= 0.6 is 0 Å². The van der Waals surface area contributed by atoms with E-state index in [4.69, 9.17) is 10.5 Å². The molecule has 0 spiro atoms. The number of fused-ring (bicyclic) bond motifs is 1. The Bertz CT molecular complexity index is 1070. The van der Waals surface area contributed by atoms with Gasteiger partial charge in [-0.25, -0.2) is 4.98 Å². The van der Waals surface area contributed by atoms with Crippen molar-refractivity contribution in [3.8, 4) is 23.4 Å². The number of aromatic amines is 1. The van der Waals surface area contributed by atoms with Gasteiger partial charge in [-0.2, -0.15) is 10.5 Å². The fourth-order valence-electron chi connectivity index (χ4n) is 2.27. The molecule has 0 unspecified atom stereocenters. The van der Waals surface area contributed by atoms with Crippen LogP contribution in [0.3, 0.4) is 0 Å². The van der Waals surface area contributed by atoms with Crippen LogP contribution in [0.5, 0.6) is 0 Å². The summed E-state index contributed by atoms with van der Waals surface area (Å²) < 4.78 is 0. The number of hydrogen-bond acceptors (Lipinski definition) is 5. The number of aromatic nitrogens is 2. The van der Waals surface area contributed by atoms with Crippen molar-refractivity contribution < 1.29 is 0 Å². The largest absolute Gasteiger partial charge is 0.359 e. The molecule has 0 amide bonds. The Hall–Kier alpha value is -3.90. The maximum Gasteiger partial charge on any atom is 0.275 e. The van der Waals surface area contributed by atoms with Gasteiger partial charge in [-0.1, -0.05) is 30.3 Å². The summed E-state index contributed by atoms with van der Waals surface area (Å²) in [6.45, 7) is 0. The van der Waals surface area contributed by atoms with Gasteiger partial charge in [0.25, 0.3) is 5.56 Å². The van der Waals surface area contributed by atoms with Gasteiger partial charge in [0.2, 0.25) is 0 Å². The summed E-state index contributed by atoms with van der Waals surface area (Å²) in [5.74, 6) is 0. The van der Waals surface area contributed by atoms with Crippen LogP contribution in [-0.2, 0) is 0 Å². The lowest BCUT2D eigenvalue weighted by Gasteiger charge is -2.09. The first-order chi connectivity index (χ1) is 11.7. The van der Waals surface area contributed by atoms with E-state index >= 15 is 0 Å². The van der Waals surface area contributed by atoms with Crippen LogP contribution in [0.4, 0.5) is 5.69 Å². The first kappa shape index (κ1) is 15.0. The molecule has 0 saturated heterocycles. The van der Waals surface area contributed by atoms with Crippen molar-refractivity contribution in [2.75, 3.05) is 5.32 Å². The van der Waals surface area contributed by atoms with E-state index in [-0.39, 0.29) is 16.8 Å². The smallest absolute Gasteiger partial charge is 0.275 e. The van der Waals surface area contributed by atoms with Gasteiger partial charge in [0.1, 0.15) is 23.4 Å². The molecule has 3 aromatic rings. The molecule has 1 aromatic heterocycles. The Balaban J connectivity index is 2.13. The molecular weight excluding hydrogens is 302 g/mol. The Morgan fingerprint density at radius 3 is 2.58 bits per heavy atom. The van der Waals surface area contributed by atoms with Gasteiger partial charge in [-0.3, -0.25) is 4.79 Å². The fourth-order valence-corrected chi connectivity index (χ4v) is 2.27. The Morgan fingerprint density at radius 2 is 1.79 bits per heavy atom. The van der Waals surface area contributed by atoms with E-state index in [1.165, 1.54) is 6.20 Å². The van der Waals surface area contributed by atoms with E-state index in [0.29, 0.717) is 22.3 Å². The Morgan fingerprint density at radius 1 is 1.08 bits per heavy atom. The second kappa shape index (κ2) is 6.47. The molecule has 0 aliphatic carbocycles. The minimum absolute atomic E-state index is 0.0646. The summed E-state index contributed by atoms with van der Waals surface area (Å²) in [6, 6.07) is 17.9. The van der Waals surface area contributed by atoms with Crippen molar-refractivity contribution in [3.05, 3.63) is 70.7 Å². The molecule has 24 heavy (non-hydrogen) atoms. The number of para-hydroxylation sites is 3. The van der Waals surface area contributed by atoms with E-state index in [1.54, 1.807) is 42.5 Å². The first-order valence-electron chi connectivity index (χ1n) is 7.08. The standard InChI is InChI=1S/C18H11N5O/c19-9-12(10-20)11-21-14-6-2-1-5-13(14)17-18(24)23-16-8-4-3-7-15(16)22-17/h1-8,11,21H,(H,23,24). The lowest BCUT2D eigenvalue weighted by Crippen LogP contribution is -2.12. The van der Waals surface area contributed by atoms with Crippen LogP contribution < -0.4 is 10.9 Å². The number of H-pyrrole nitrogens is 1. The predicted octanol–water partition coefficient (Wildman–Crippen LogP) is 2.93. The van der Waals surface area contributed by atoms with Gasteiger partial charge in [0.15, 0.2) is 0 Å². The summed E-state index contributed by atoms with van der Waals surface area (Å²) in [4.78, 5) is 19.6. The average molecular weight is 313 g/mol. The minimum Gasteiger partial charge on any atom is -0.359 e. The van der Waals surface area contributed by atoms with Gasteiger partial charge in [0.05, 0.1) is 11.0 Å². The molecule has 2 N–H and O–H groups in total. The molecule has 6 nitrogen and oxygen atoms in total. The number of allylic oxidation sites excluding steroid dienone is 1. The van der Waals surface area contributed by atoms with Crippen LogP contribution in [0, 0.1) is 22.7 Å². The predicted molar refractivity (Wildman–Crippen MR) is 90.7 cm³/mol. The molecule has 114 valence electrons. The van der Waals surface area contributed by atoms with E-state index in [0.717, 1.165) is 0 Å². The molecule has 0 atom stereocenters. The SMILES string of the molecule is N#CC(C#N)=CNc1ccccc1-c1nc2ccccc2[nH]c1=O. The number of nitrogens with one attached hydrogen (secondary N) is 2. The second-order valence-electron chi connectivity index (χ2n) is 4.90. The van der Waals surface area contributed by atoms with Crippen molar-refractivity contribution in [3.63, 3.8) is 0 Å². The van der Waals surface area contributed by atoms with Crippen molar-refractivity contribution >= 4 is 16.7 Å². The lowest BCUT2D eigenvalue weighted by atomic mass is 10.1. The van der Waals surface area contributed by atoms with E-state index < -0.39 is 0 Å². The highest BCUT2D eigenvalue weighted by atomic mass is 16.1. The molecule has 0 radical (unpaired) electrons. The Labute approximate surface area is 137 Å². The molecule has 2 aromatic carbocycles. The highest BCUT2D eigenvalue weighted by molar-refractivity contribution is 5.81. The van der Waals surface area contributed by atoms with Gasteiger partial charge >= 0.3 is 0 Å². The van der Waals surface area contributed by atoms with Crippen LogP contribution in [0.2, 0.25) is 0 Å². The van der Waals surface area contributed by atoms with Crippen molar-refractivity contribution in [2.24, 2.45) is 0 Å². The summed E-state index contributed by atoms with van der Waals surface area (Å²) in [5.41, 5.74) is 2.38. The Kier molecular flexibility index (Phi) is 4.05. The summed E-state index contributed by atoms with van der Waals surface area (Å²) in [5, 5.41) is 20.5. The third-order valence-corrected chi connectivity index (χ3v) is 3.39. The molecule has 6 heteroatoms. The zero-order chi connectivity index (χ0) is 16.9. The topological polar surface area (TPSA) is 105 Å². The average Bonchev–Trinajstić information content (AvgIpc) is 2.62. The third-order valence-electron chi connectivity index (χ3n) is 3.39. The van der Waals surface area contributed by atoms with Gasteiger partial charge in [-0.05, 0) is 18.2 Å². The number of benzene rings is 2. The zero-order valence-electron chi connectivity index (χ0n) is 12.4. The van der Waals surface area contributed by atoms with Crippen LogP contribution in [0.1, 0.15) is 0 Å². The van der Waals surface area contributed by atoms with Crippen molar-refractivity contribution in [1.29, 1.82) is 10.5 Å². The quantitative estimate of drug-likeness (QED) is 0.723. The molecule has 0 bridgehead atoms. The number of nitriles is 2. The molecule has 3 rings (SSSR count). The fraction of sp³-hybridized carbons (Fsp3) is 0. The number of nitrogens with zero attached hydrogens (tertiary/aromatic N) is 3. The van der Waals surface area contributed by atoms with Gasteiger partial charge in [-0.15, -0.1) is 0 Å². The maximum atomic E-state index is 12.4. The number of anilines is 1. The van der Waals surface area contributed by atoms with Crippen molar-refractivity contribution in [2.45, 2.75) is 0 Å². The van der Waals surface area contributed by atoms with Crippen molar-refractivity contribution in [1.82, 2.24) is 9.97 Å². The molecule has 0 aliphatic rings.